The second-order valence-corrected chi connectivity index (χ2v) is 7.69. The molecule has 0 amide bonds. The van der Waals surface area contributed by atoms with Crippen molar-refractivity contribution in [1.82, 2.24) is 4.98 Å². The van der Waals surface area contributed by atoms with Crippen molar-refractivity contribution in [2.45, 2.75) is 19.9 Å². The van der Waals surface area contributed by atoms with Gasteiger partial charge in [0.15, 0.2) is 0 Å². The van der Waals surface area contributed by atoms with Crippen LogP contribution in [0.2, 0.25) is 0 Å². The zero-order valence-electron chi connectivity index (χ0n) is 18.7. The number of fused-ring (bicyclic) bond motifs is 1. The van der Waals surface area contributed by atoms with E-state index in [1.807, 2.05) is 55.5 Å². The first kappa shape index (κ1) is 22.7. The van der Waals surface area contributed by atoms with Gasteiger partial charge in [0.05, 0.1) is 23.5 Å². The van der Waals surface area contributed by atoms with E-state index in [2.05, 4.69) is 16.4 Å². The fourth-order valence-corrected chi connectivity index (χ4v) is 3.78. The van der Waals surface area contributed by atoms with Crippen molar-refractivity contribution >= 4 is 22.6 Å². The number of hydrogen-bond donors (Lipinski definition) is 2. The number of nitrogens with zero attached hydrogens (tertiary/aromatic N) is 2. The Kier molecular flexibility index (Phi) is 6.42. The Bertz CT molecular complexity index is 1410. The molecule has 0 spiro atoms. The first-order chi connectivity index (χ1) is 16.4. The number of rotatable bonds is 7. The second-order valence-electron chi connectivity index (χ2n) is 7.69. The average molecular weight is 455 g/mol. The smallest absolute Gasteiger partial charge is 0.325 e. The summed E-state index contributed by atoms with van der Waals surface area (Å²) in [4.78, 5) is 16.1. The monoisotopic (exact) mass is 455 g/mol. The molecule has 1 atom stereocenters. The van der Waals surface area contributed by atoms with Gasteiger partial charge in [0.25, 0.3) is 0 Å². The van der Waals surface area contributed by atoms with Crippen LogP contribution in [0.15, 0.2) is 66.7 Å². The van der Waals surface area contributed by atoms with Gasteiger partial charge in [0, 0.05) is 16.5 Å². The maximum atomic E-state index is 14.0. The number of halogens is 1. The highest BCUT2D eigenvalue weighted by molar-refractivity contribution is 5.99. The number of hydrogen-bond acceptors (Lipinski definition) is 5. The molecule has 0 aliphatic rings. The standard InChI is InChI=1S/C27H22FN3O3/c1-3-34-24-7-5-4-6-20(24)17-8-10-18(11-9-17)25-22(15-29)26(30-16(2)27(32)33)21-14-19(28)12-13-23(21)31-25/h4-14,16H,3H2,1-2H3,(H,30,31)(H,32,33)/t16-/m0/s1. The van der Waals surface area contributed by atoms with Crippen LogP contribution >= 0.6 is 0 Å². The summed E-state index contributed by atoms with van der Waals surface area (Å²) in [6, 6.07) is 20.4. The third kappa shape index (κ3) is 4.39. The third-order valence-corrected chi connectivity index (χ3v) is 5.45. The summed E-state index contributed by atoms with van der Waals surface area (Å²) in [7, 11) is 0. The number of carbonyl (C=O) groups is 1. The zero-order chi connectivity index (χ0) is 24.2. The molecular weight excluding hydrogens is 433 g/mol. The predicted octanol–water partition coefficient (Wildman–Crippen LogP) is 5.86. The highest BCUT2D eigenvalue weighted by Crippen LogP contribution is 2.36. The van der Waals surface area contributed by atoms with Gasteiger partial charge in [-0.3, -0.25) is 4.79 Å². The lowest BCUT2D eigenvalue weighted by atomic mass is 9.98. The molecule has 0 aliphatic heterocycles. The Morgan fingerprint density at radius 1 is 1.15 bits per heavy atom. The molecular formula is C27H22FN3O3. The van der Waals surface area contributed by atoms with Gasteiger partial charge in [-0.15, -0.1) is 0 Å². The van der Waals surface area contributed by atoms with E-state index < -0.39 is 17.8 Å². The van der Waals surface area contributed by atoms with Crippen LogP contribution in [0.25, 0.3) is 33.3 Å². The van der Waals surface area contributed by atoms with E-state index in [9.17, 15) is 19.6 Å². The van der Waals surface area contributed by atoms with E-state index >= 15 is 0 Å². The maximum Gasteiger partial charge on any atom is 0.325 e. The normalized spacial score (nSPS) is 11.6. The van der Waals surface area contributed by atoms with Crippen LogP contribution in [0.3, 0.4) is 0 Å². The summed E-state index contributed by atoms with van der Waals surface area (Å²) in [5.74, 6) is -0.825. The van der Waals surface area contributed by atoms with Crippen LogP contribution in [-0.2, 0) is 4.79 Å². The quantitative estimate of drug-likeness (QED) is 0.362. The van der Waals surface area contributed by atoms with Crippen LogP contribution in [0.1, 0.15) is 19.4 Å². The average Bonchev–Trinajstić information content (AvgIpc) is 2.84. The van der Waals surface area contributed by atoms with Gasteiger partial charge in [-0.1, -0.05) is 42.5 Å². The molecule has 1 heterocycles. The second kappa shape index (κ2) is 9.59. The van der Waals surface area contributed by atoms with E-state index in [0.29, 0.717) is 28.8 Å². The van der Waals surface area contributed by atoms with Gasteiger partial charge in [0.1, 0.15) is 29.2 Å². The number of benzene rings is 3. The molecule has 4 aromatic rings. The molecule has 0 bridgehead atoms. The van der Waals surface area contributed by atoms with Gasteiger partial charge in [-0.25, -0.2) is 9.37 Å². The molecule has 1 aromatic heterocycles. The molecule has 6 nitrogen and oxygen atoms in total. The molecule has 4 rings (SSSR count). The lowest BCUT2D eigenvalue weighted by molar-refractivity contribution is -0.137. The number of para-hydroxylation sites is 1. The van der Waals surface area contributed by atoms with Crippen molar-refractivity contribution in [3.63, 3.8) is 0 Å². The Labute approximate surface area is 196 Å². The number of nitriles is 1. The van der Waals surface area contributed by atoms with Crippen LogP contribution in [0.5, 0.6) is 5.75 Å². The highest BCUT2D eigenvalue weighted by atomic mass is 19.1. The van der Waals surface area contributed by atoms with Crippen molar-refractivity contribution in [3.8, 4) is 34.2 Å². The fraction of sp³-hybridized carbons (Fsp3) is 0.148. The summed E-state index contributed by atoms with van der Waals surface area (Å²) in [6.07, 6.45) is 0. The van der Waals surface area contributed by atoms with Crippen LogP contribution < -0.4 is 10.1 Å². The number of aliphatic carboxylic acids is 1. The molecule has 170 valence electrons. The molecule has 34 heavy (non-hydrogen) atoms. The van der Waals surface area contributed by atoms with Gasteiger partial charge < -0.3 is 15.2 Å². The molecule has 0 fully saturated rings. The molecule has 7 heteroatoms. The summed E-state index contributed by atoms with van der Waals surface area (Å²) >= 11 is 0. The van der Waals surface area contributed by atoms with Crippen molar-refractivity contribution in [2.24, 2.45) is 0 Å². The SMILES string of the molecule is CCOc1ccccc1-c1ccc(-c2nc3ccc(F)cc3c(N[C@@H](C)C(=O)O)c2C#N)cc1. The number of carboxylic acid groups (broad SMARTS) is 1. The Morgan fingerprint density at radius 3 is 2.53 bits per heavy atom. The van der Waals surface area contributed by atoms with Crippen molar-refractivity contribution in [2.75, 3.05) is 11.9 Å². The molecule has 2 N–H and O–H groups in total. The van der Waals surface area contributed by atoms with E-state index in [4.69, 9.17) is 4.74 Å². The Hall–Kier alpha value is -4.44. The van der Waals surface area contributed by atoms with Gasteiger partial charge in [0.2, 0.25) is 0 Å². The first-order valence-corrected chi connectivity index (χ1v) is 10.8. The van der Waals surface area contributed by atoms with Crippen LogP contribution in [0, 0.1) is 17.1 Å². The maximum absolute atomic E-state index is 14.0. The minimum Gasteiger partial charge on any atom is -0.493 e. The third-order valence-electron chi connectivity index (χ3n) is 5.45. The summed E-state index contributed by atoms with van der Waals surface area (Å²) < 4.78 is 19.7. The lowest BCUT2D eigenvalue weighted by Crippen LogP contribution is -2.26. The van der Waals surface area contributed by atoms with Crippen molar-refractivity contribution in [3.05, 3.63) is 78.1 Å². The molecule has 0 radical (unpaired) electrons. The predicted molar refractivity (Wildman–Crippen MR) is 129 cm³/mol. The topological polar surface area (TPSA) is 95.2 Å². The molecule has 0 saturated carbocycles. The number of carboxylic acids is 1. The molecule has 0 saturated heterocycles. The number of ether oxygens (including phenoxy) is 1. The van der Waals surface area contributed by atoms with Gasteiger partial charge in [-0.05, 0) is 43.7 Å². The van der Waals surface area contributed by atoms with Gasteiger partial charge in [-0.2, -0.15) is 5.26 Å². The van der Waals surface area contributed by atoms with Crippen LogP contribution in [-0.4, -0.2) is 28.7 Å². The molecule has 0 aliphatic carbocycles. The minimum atomic E-state index is -1.09. The first-order valence-electron chi connectivity index (χ1n) is 10.8. The van der Waals surface area contributed by atoms with Gasteiger partial charge >= 0.3 is 5.97 Å². The van der Waals surface area contributed by atoms with E-state index in [-0.39, 0.29) is 11.3 Å². The molecule has 3 aromatic carbocycles. The Morgan fingerprint density at radius 2 is 1.85 bits per heavy atom. The highest BCUT2D eigenvalue weighted by Gasteiger charge is 2.21. The number of anilines is 1. The zero-order valence-corrected chi connectivity index (χ0v) is 18.7. The van der Waals surface area contributed by atoms with E-state index in [0.717, 1.165) is 16.9 Å². The number of pyridine rings is 1. The summed E-state index contributed by atoms with van der Waals surface area (Å²) in [5.41, 5.74) is 3.76. The summed E-state index contributed by atoms with van der Waals surface area (Å²) in [5, 5.41) is 22.6. The largest absolute Gasteiger partial charge is 0.493 e. The van der Waals surface area contributed by atoms with Crippen molar-refractivity contribution in [1.29, 1.82) is 5.26 Å². The van der Waals surface area contributed by atoms with E-state index in [1.54, 1.807) is 0 Å². The van der Waals surface area contributed by atoms with Crippen molar-refractivity contribution < 1.29 is 19.0 Å². The van der Waals surface area contributed by atoms with E-state index in [1.165, 1.54) is 25.1 Å². The fourth-order valence-electron chi connectivity index (χ4n) is 3.78. The number of nitrogens with one attached hydrogen (secondary N) is 1. The summed E-state index contributed by atoms with van der Waals surface area (Å²) in [6.45, 7) is 3.93. The lowest BCUT2D eigenvalue weighted by Gasteiger charge is -2.17. The minimum absolute atomic E-state index is 0.147. The Balaban J connectivity index is 1.86. The van der Waals surface area contributed by atoms with Crippen LogP contribution in [0.4, 0.5) is 10.1 Å². The number of aromatic nitrogens is 1. The molecule has 0 unspecified atom stereocenters.